The molecule has 0 bridgehead atoms. The van der Waals surface area contributed by atoms with Crippen LogP contribution >= 0.6 is 0 Å². The minimum Gasteiger partial charge on any atom is -0.497 e. The molecule has 1 aliphatic heterocycles. The summed E-state index contributed by atoms with van der Waals surface area (Å²) >= 11 is 0. The van der Waals surface area contributed by atoms with E-state index < -0.39 is 0 Å². The fourth-order valence-corrected chi connectivity index (χ4v) is 2.31. The zero-order chi connectivity index (χ0) is 12.8. The standard InChI is InChI=1S/C15H22N2O/c1-13(12-17-8-6-16-7-9-17)10-14-4-3-5-15(11-14)18-2/h3-5,11,16H,1,6-10,12H2,2H3. The van der Waals surface area contributed by atoms with Gasteiger partial charge in [-0.15, -0.1) is 0 Å². The Morgan fingerprint density at radius 2 is 2.17 bits per heavy atom. The molecule has 1 saturated heterocycles. The molecule has 0 spiro atoms. The molecule has 0 atom stereocenters. The maximum atomic E-state index is 5.24. The SMILES string of the molecule is C=C(Cc1cccc(OC)c1)CN1CCNCC1. The van der Waals surface area contributed by atoms with Gasteiger partial charge < -0.3 is 10.1 Å². The van der Waals surface area contributed by atoms with Crippen LogP contribution in [0.5, 0.6) is 5.75 Å². The van der Waals surface area contributed by atoms with Crippen LogP contribution in [0, 0.1) is 0 Å². The highest BCUT2D eigenvalue weighted by Crippen LogP contribution is 2.15. The van der Waals surface area contributed by atoms with E-state index in [0.717, 1.165) is 44.9 Å². The zero-order valence-electron chi connectivity index (χ0n) is 11.1. The van der Waals surface area contributed by atoms with E-state index in [1.165, 1.54) is 11.1 Å². The number of nitrogens with one attached hydrogen (secondary N) is 1. The Kier molecular flexibility index (Phi) is 4.79. The Morgan fingerprint density at radius 3 is 2.89 bits per heavy atom. The molecule has 0 aliphatic carbocycles. The predicted molar refractivity (Wildman–Crippen MR) is 75.1 cm³/mol. The van der Waals surface area contributed by atoms with Crippen LogP contribution in [0.4, 0.5) is 0 Å². The van der Waals surface area contributed by atoms with Gasteiger partial charge in [0.2, 0.25) is 0 Å². The van der Waals surface area contributed by atoms with Gasteiger partial charge in [0, 0.05) is 32.7 Å². The van der Waals surface area contributed by atoms with E-state index in [1.807, 2.05) is 12.1 Å². The number of nitrogens with zero attached hydrogens (tertiary/aromatic N) is 1. The largest absolute Gasteiger partial charge is 0.497 e. The molecule has 1 N–H and O–H groups in total. The zero-order valence-corrected chi connectivity index (χ0v) is 11.1. The number of rotatable bonds is 5. The van der Waals surface area contributed by atoms with Crippen molar-refractivity contribution >= 4 is 0 Å². The van der Waals surface area contributed by atoms with E-state index >= 15 is 0 Å². The van der Waals surface area contributed by atoms with Crippen LogP contribution in [-0.2, 0) is 6.42 Å². The van der Waals surface area contributed by atoms with Gasteiger partial charge in [-0.3, -0.25) is 4.90 Å². The van der Waals surface area contributed by atoms with Crippen LogP contribution < -0.4 is 10.1 Å². The molecule has 1 aromatic carbocycles. The number of benzene rings is 1. The molecule has 0 amide bonds. The van der Waals surface area contributed by atoms with Gasteiger partial charge in [-0.2, -0.15) is 0 Å². The molecule has 0 aromatic heterocycles. The van der Waals surface area contributed by atoms with Crippen LogP contribution in [0.1, 0.15) is 5.56 Å². The van der Waals surface area contributed by atoms with Crippen LogP contribution in [0.15, 0.2) is 36.4 Å². The highest BCUT2D eigenvalue weighted by molar-refractivity contribution is 5.31. The van der Waals surface area contributed by atoms with Crippen molar-refractivity contribution in [2.75, 3.05) is 39.8 Å². The summed E-state index contributed by atoms with van der Waals surface area (Å²) in [5.41, 5.74) is 2.54. The van der Waals surface area contributed by atoms with Crippen LogP contribution in [0.2, 0.25) is 0 Å². The Morgan fingerprint density at radius 1 is 1.39 bits per heavy atom. The molecule has 0 radical (unpaired) electrons. The monoisotopic (exact) mass is 246 g/mol. The van der Waals surface area contributed by atoms with E-state index in [2.05, 4.69) is 28.9 Å². The maximum Gasteiger partial charge on any atom is 0.119 e. The van der Waals surface area contributed by atoms with Gasteiger partial charge >= 0.3 is 0 Å². The second-order valence-electron chi connectivity index (χ2n) is 4.80. The molecular formula is C15H22N2O. The molecule has 1 fully saturated rings. The van der Waals surface area contributed by atoms with Gasteiger partial charge in [-0.05, 0) is 24.1 Å². The summed E-state index contributed by atoms with van der Waals surface area (Å²) in [6, 6.07) is 8.23. The first-order valence-corrected chi connectivity index (χ1v) is 6.50. The lowest BCUT2D eigenvalue weighted by atomic mass is 10.1. The number of hydrogen-bond acceptors (Lipinski definition) is 3. The molecule has 0 saturated carbocycles. The Bertz CT molecular complexity index is 397. The van der Waals surface area contributed by atoms with Crippen molar-refractivity contribution in [2.24, 2.45) is 0 Å². The Balaban J connectivity index is 1.85. The van der Waals surface area contributed by atoms with Gasteiger partial charge in [0.15, 0.2) is 0 Å². The van der Waals surface area contributed by atoms with Crippen molar-refractivity contribution in [3.05, 3.63) is 42.0 Å². The van der Waals surface area contributed by atoms with Crippen molar-refractivity contribution in [1.82, 2.24) is 10.2 Å². The molecule has 98 valence electrons. The predicted octanol–water partition coefficient (Wildman–Crippen LogP) is 1.70. The summed E-state index contributed by atoms with van der Waals surface area (Å²) in [5, 5.41) is 3.36. The van der Waals surface area contributed by atoms with E-state index in [0.29, 0.717) is 0 Å². The highest BCUT2D eigenvalue weighted by Gasteiger charge is 2.10. The number of methoxy groups -OCH3 is 1. The third-order valence-corrected chi connectivity index (χ3v) is 3.25. The summed E-state index contributed by atoms with van der Waals surface area (Å²) in [5.74, 6) is 0.919. The van der Waals surface area contributed by atoms with Crippen molar-refractivity contribution < 1.29 is 4.74 Å². The summed E-state index contributed by atoms with van der Waals surface area (Å²) < 4.78 is 5.24. The van der Waals surface area contributed by atoms with Gasteiger partial charge in [0.05, 0.1) is 7.11 Å². The lowest BCUT2D eigenvalue weighted by Crippen LogP contribution is -2.44. The van der Waals surface area contributed by atoms with E-state index in [9.17, 15) is 0 Å². The topological polar surface area (TPSA) is 24.5 Å². The molecule has 1 heterocycles. The summed E-state index contributed by atoms with van der Waals surface area (Å²) in [6.45, 7) is 9.62. The van der Waals surface area contributed by atoms with Crippen molar-refractivity contribution in [2.45, 2.75) is 6.42 Å². The Hall–Kier alpha value is -1.32. The molecule has 1 aliphatic rings. The van der Waals surface area contributed by atoms with Crippen LogP contribution in [0.25, 0.3) is 0 Å². The van der Waals surface area contributed by atoms with E-state index in [1.54, 1.807) is 7.11 Å². The van der Waals surface area contributed by atoms with Gasteiger partial charge in [0.25, 0.3) is 0 Å². The number of piperazine rings is 1. The fraction of sp³-hybridized carbons (Fsp3) is 0.467. The average molecular weight is 246 g/mol. The van der Waals surface area contributed by atoms with Crippen molar-refractivity contribution in [1.29, 1.82) is 0 Å². The first-order valence-electron chi connectivity index (χ1n) is 6.50. The lowest BCUT2D eigenvalue weighted by molar-refractivity contribution is 0.258. The second-order valence-corrected chi connectivity index (χ2v) is 4.80. The van der Waals surface area contributed by atoms with Gasteiger partial charge in [-0.1, -0.05) is 24.3 Å². The smallest absolute Gasteiger partial charge is 0.119 e. The third-order valence-electron chi connectivity index (χ3n) is 3.25. The minimum absolute atomic E-state index is 0.919. The molecule has 2 rings (SSSR count). The van der Waals surface area contributed by atoms with Crippen molar-refractivity contribution in [3.8, 4) is 5.75 Å². The van der Waals surface area contributed by atoms with Gasteiger partial charge in [-0.25, -0.2) is 0 Å². The average Bonchev–Trinajstić information content (AvgIpc) is 2.40. The first kappa shape index (κ1) is 13.1. The summed E-state index contributed by atoms with van der Waals surface area (Å²) in [7, 11) is 1.70. The molecule has 0 unspecified atom stereocenters. The number of ether oxygens (including phenoxy) is 1. The summed E-state index contributed by atoms with van der Waals surface area (Å²) in [6.07, 6.45) is 0.932. The number of hydrogen-bond donors (Lipinski definition) is 1. The van der Waals surface area contributed by atoms with Gasteiger partial charge in [0.1, 0.15) is 5.75 Å². The van der Waals surface area contributed by atoms with E-state index in [-0.39, 0.29) is 0 Å². The van der Waals surface area contributed by atoms with Crippen LogP contribution in [0.3, 0.4) is 0 Å². The third kappa shape index (κ3) is 3.86. The van der Waals surface area contributed by atoms with E-state index in [4.69, 9.17) is 4.74 Å². The Labute approximate surface area is 109 Å². The fourth-order valence-electron chi connectivity index (χ4n) is 2.31. The minimum atomic E-state index is 0.919. The molecule has 1 aromatic rings. The molecule has 18 heavy (non-hydrogen) atoms. The molecule has 3 nitrogen and oxygen atoms in total. The lowest BCUT2D eigenvalue weighted by Gasteiger charge is -2.27. The highest BCUT2D eigenvalue weighted by atomic mass is 16.5. The van der Waals surface area contributed by atoms with Crippen molar-refractivity contribution in [3.63, 3.8) is 0 Å². The molecule has 3 heteroatoms. The first-order chi connectivity index (χ1) is 8.78. The quantitative estimate of drug-likeness (QED) is 0.800. The maximum absolute atomic E-state index is 5.24. The molecular weight excluding hydrogens is 224 g/mol. The van der Waals surface area contributed by atoms with Crippen LogP contribution in [-0.4, -0.2) is 44.7 Å². The normalized spacial score (nSPS) is 16.5. The second kappa shape index (κ2) is 6.57. The summed E-state index contributed by atoms with van der Waals surface area (Å²) in [4.78, 5) is 2.46.